The Bertz CT molecular complexity index is 1260. The molecule has 0 aromatic heterocycles. The summed E-state index contributed by atoms with van der Waals surface area (Å²) in [7, 11) is -5.14. The fraction of sp³-hybridized carbons (Fsp3) is 0.778. The Hall–Kier alpha value is -2.23. The molecule has 0 aliphatic heterocycles. The third kappa shape index (κ3) is 27.7. The first-order valence-corrected chi connectivity index (χ1v) is 24.0. The van der Waals surface area contributed by atoms with Gasteiger partial charge in [-0.05, 0) is 44.9 Å². The van der Waals surface area contributed by atoms with Crippen LogP contribution in [0.4, 0.5) is 0 Å². The van der Waals surface area contributed by atoms with Crippen molar-refractivity contribution in [3.8, 4) is 0 Å². The van der Waals surface area contributed by atoms with E-state index in [9.17, 15) is 49.7 Å². The zero-order valence-electron chi connectivity index (χ0n) is 36.4. The third-order valence-electron chi connectivity index (χ3n) is 10.2. The molecule has 0 heterocycles. The summed E-state index contributed by atoms with van der Waals surface area (Å²) in [4.78, 5) is 35.6. The normalized spacial score (nSPS) is 23.1. The van der Waals surface area contributed by atoms with Crippen molar-refractivity contribution in [1.82, 2.24) is 0 Å². The Labute approximate surface area is 359 Å². The first kappa shape index (κ1) is 55.8. The summed E-state index contributed by atoms with van der Waals surface area (Å²) >= 11 is 0. The van der Waals surface area contributed by atoms with Gasteiger partial charge in [0.25, 0.3) is 0 Å². The summed E-state index contributed by atoms with van der Waals surface area (Å²) in [5.41, 5.74) is 0. The number of ether oxygens (including phenoxy) is 2. The van der Waals surface area contributed by atoms with E-state index < -0.39 is 75.7 Å². The number of aliphatic hydroxyl groups is 6. The molecular formula is C45H79O14P. The van der Waals surface area contributed by atoms with Crippen LogP contribution in [0.5, 0.6) is 0 Å². The molecule has 1 fully saturated rings. The smallest absolute Gasteiger partial charge is 0.462 e. The number of allylic oxidation sites excluding steroid dienone is 7. The summed E-state index contributed by atoms with van der Waals surface area (Å²) in [5.74, 6) is -1.19. The number of carbonyl (C=O) groups excluding carboxylic acids is 2. The maximum Gasteiger partial charge on any atom is 0.472 e. The van der Waals surface area contributed by atoms with Gasteiger partial charge in [-0.15, -0.1) is 0 Å². The van der Waals surface area contributed by atoms with Gasteiger partial charge in [-0.1, -0.05) is 152 Å². The number of aliphatic hydroxyl groups excluding tert-OH is 6. The van der Waals surface area contributed by atoms with E-state index in [1.165, 1.54) is 51.4 Å². The van der Waals surface area contributed by atoms with Crippen LogP contribution in [0.1, 0.15) is 162 Å². The van der Waals surface area contributed by atoms with Gasteiger partial charge in [0.05, 0.1) is 12.7 Å². The lowest BCUT2D eigenvalue weighted by molar-refractivity contribution is -0.220. The van der Waals surface area contributed by atoms with Gasteiger partial charge in [-0.3, -0.25) is 18.6 Å². The molecule has 0 aromatic carbocycles. The molecule has 1 aliphatic carbocycles. The molecule has 0 spiro atoms. The molecule has 1 saturated carbocycles. The van der Waals surface area contributed by atoms with Crippen LogP contribution in [-0.2, 0) is 32.7 Å². The molecular weight excluding hydrogens is 795 g/mol. The molecule has 14 nitrogen and oxygen atoms in total. The van der Waals surface area contributed by atoms with E-state index in [-0.39, 0.29) is 18.9 Å². The zero-order chi connectivity index (χ0) is 44.4. The van der Waals surface area contributed by atoms with E-state index in [1.54, 1.807) is 0 Å². The first-order valence-electron chi connectivity index (χ1n) is 22.5. The van der Waals surface area contributed by atoms with E-state index in [4.69, 9.17) is 18.5 Å². The molecule has 15 heteroatoms. The number of rotatable bonds is 36. The van der Waals surface area contributed by atoms with Crippen molar-refractivity contribution in [2.24, 2.45) is 0 Å². The highest BCUT2D eigenvalue weighted by atomic mass is 31.2. The molecule has 0 amide bonds. The van der Waals surface area contributed by atoms with E-state index in [1.807, 2.05) is 24.3 Å². The Morgan fingerprint density at radius 1 is 0.583 bits per heavy atom. The van der Waals surface area contributed by atoms with Crippen LogP contribution in [0, 0.1) is 0 Å². The number of esters is 2. The molecule has 60 heavy (non-hydrogen) atoms. The Kier molecular flexibility index (Phi) is 32.8. The average Bonchev–Trinajstić information content (AvgIpc) is 3.22. The van der Waals surface area contributed by atoms with Crippen molar-refractivity contribution in [3.63, 3.8) is 0 Å². The highest BCUT2D eigenvalue weighted by molar-refractivity contribution is 7.47. The third-order valence-corrected chi connectivity index (χ3v) is 11.2. The first-order chi connectivity index (χ1) is 28.8. The maximum atomic E-state index is 12.8. The van der Waals surface area contributed by atoms with Crippen molar-refractivity contribution in [1.29, 1.82) is 0 Å². The highest BCUT2D eigenvalue weighted by Crippen LogP contribution is 2.47. The van der Waals surface area contributed by atoms with Crippen LogP contribution in [0.25, 0.3) is 0 Å². The molecule has 1 aliphatic rings. The standard InChI is InChI=1S/C45H79O14P/c1-3-5-7-8-9-10-11-12-17-20-23-26-29-33-39(48)58-37(35-57-60(54,55)59-45-43(52)41(50)40(49)42(51)44(45)53)34-56-38(47)32-28-25-22-19-16-14-13-15-18-21-24-27-31-36(46)30-6-4-2/h13-14,18-19,21-22,27,31,36-37,40-46,49-53H,3-12,15-17,20,23-26,28-30,32-35H2,1-2H3,(H,54,55)/b14-13-,21-18-,22-19-,31-27-/t36-,37+,40?,41-,42+,43+,44+,45?/m0/s1. The van der Waals surface area contributed by atoms with Gasteiger partial charge in [0.2, 0.25) is 0 Å². The topological polar surface area (TPSA) is 230 Å². The number of phosphoric ester groups is 1. The Morgan fingerprint density at radius 3 is 1.60 bits per heavy atom. The van der Waals surface area contributed by atoms with E-state index in [0.717, 1.165) is 64.2 Å². The van der Waals surface area contributed by atoms with Crippen LogP contribution >= 0.6 is 7.82 Å². The molecule has 3 unspecified atom stereocenters. The van der Waals surface area contributed by atoms with Gasteiger partial charge in [-0.2, -0.15) is 0 Å². The average molecular weight is 875 g/mol. The van der Waals surface area contributed by atoms with Crippen molar-refractivity contribution < 1.29 is 68.2 Å². The minimum atomic E-state index is -5.14. The highest BCUT2D eigenvalue weighted by Gasteiger charge is 2.51. The van der Waals surface area contributed by atoms with Crippen molar-refractivity contribution >= 4 is 19.8 Å². The second-order valence-electron chi connectivity index (χ2n) is 15.7. The monoisotopic (exact) mass is 875 g/mol. The lowest BCUT2D eigenvalue weighted by Gasteiger charge is -2.41. The number of unbranched alkanes of at least 4 members (excludes halogenated alkanes) is 14. The van der Waals surface area contributed by atoms with E-state index >= 15 is 0 Å². The summed E-state index contributed by atoms with van der Waals surface area (Å²) in [6.45, 7) is 3.08. The van der Waals surface area contributed by atoms with Crippen molar-refractivity contribution in [3.05, 3.63) is 48.6 Å². The zero-order valence-corrected chi connectivity index (χ0v) is 37.2. The molecule has 1 rings (SSSR count). The van der Waals surface area contributed by atoms with E-state index in [0.29, 0.717) is 19.3 Å². The van der Waals surface area contributed by atoms with Crippen LogP contribution in [0.2, 0.25) is 0 Å². The maximum absolute atomic E-state index is 12.8. The van der Waals surface area contributed by atoms with Crippen molar-refractivity contribution in [2.45, 2.75) is 210 Å². The molecule has 0 radical (unpaired) electrons. The van der Waals surface area contributed by atoms with Crippen LogP contribution in [0.3, 0.4) is 0 Å². The molecule has 0 saturated heterocycles. The number of carbonyl (C=O) groups is 2. The number of hydrogen-bond acceptors (Lipinski definition) is 13. The Balaban J connectivity index is 2.52. The fourth-order valence-corrected chi connectivity index (χ4v) is 7.51. The SMILES string of the molecule is CCCCCCCCCCCCCCCC(=O)O[C@H](COC(=O)CCC/C=C\C/C=C\C/C=C\C/C=C\[C@@H](O)CCCC)COP(=O)(O)OC1[C@H](O)[C@H](O)C(O)[C@H](O)[C@H]1O. The quantitative estimate of drug-likeness (QED) is 0.0141. The van der Waals surface area contributed by atoms with E-state index in [2.05, 4.69) is 38.2 Å². The molecule has 0 aromatic rings. The minimum absolute atomic E-state index is 0.0745. The Morgan fingerprint density at radius 2 is 1.05 bits per heavy atom. The predicted molar refractivity (Wildman–Crippen MR) is 232 cm³/mol. The summed E-state index contributed by atoms with van der Waals surface area (Å²) < 4.78 is 33.4. The van der Waals surface area contributed by atoms with Gasteiger partial charge < -0.3 is 45.0 Å². The summed E-state index contributed by atoms with van der Waals surface area (Å²) in [6.07, 6.45) is 23.6. The summed E-state index contributed by atoms with van der Waals surface area (Å²) in [5, 5.41) is 59.9. The van der Waals surface area contributed by atoms with Crippen LogP contribution in [-0.4, -0.2) is 110 Å². The second-order valence-corrected chi connectivity index (χ2v) is 17.1. The lowest BCUT2D eigenvalue weighted by atomic mass is 9.85. The van der Waals surface area contributed by atoms with Crippen LogP contribution < -0.4 is 0 Å². The van der Waals surface area contributed by atoms with Gasteiger partial charge in [0.1, 0.15) is 43.2 Å². The lowest BCUT2D eigenvalue weighted by Crippen LogP contribution is -2.64. The molecule has 0 bridgehead atoms. The molecule has 7 N–H and O–H groups in total. The minimum Gasteiger partial charge on any atom is -0.462 e. The molecule has 9 atom stereocenters. The fourth-order valence-electron chi connectivity index (χ4n) is 6.53. The van der Waals surface area contributed by atoms with Gasteiger partial charge in [0.15, 0.2) is 6.10 Å². The van der Waals surface area contributed by atoms with Gasteiger partial charge >= 0.3 is 19.8 Å². The predicted octanol–water partition coefficient (Wildman–Crippen LogP) is 7.36. The summed E-state index contributed by atoms with van der Waals surface area (Å²) in [6, 6.07) is 0. The largest absolute Gasteiger partial charge is 0.472 e. The van der Waals surface area contributed by atoms with Gasteiger partial charge in [0, 0.05) is 12.8 Å². The second kappa shape index (κ2) is 35.3. The number of phosphoric acid groups is 1. The number of hydrogen-bond donors (Lipinski definition) is 7. The van der Waals surface area contributed by atoms with Gasteiger partial charge in [-0.25, -0.2) is 4.57 Å². The van der Waals surface area contributed by atoms with Crippen molar-refractivity contribution in [2.75, 3.05) is 13.2 Å². The van der Waals surface area contributed by atoms with Crippen LogP contribution in [0.15, 0.2) is 48.6 Å². The molecule has 348 valence electrons.